The molecule has 93 heavy (non-hydrogen) atoms. The van der Waals surface area contributed by atoms with Gasteiger partial charge in [0.2, 0.25) is 76.8 Å². The van der Waals surface area contributed by atoms with Crippen molar-refractivity contribution in [2.45, 2.75) is 170 Å². The molecule has 4 rings (SSSR count). The second-order valence-corrected chi connectivity index (χ2v) is 24.2. The minimum atomic E-state index is -1.67. The number of phenols is 1. The average Bonchev–Trinajstić information content (AvgIpc) is 1.85. The predicted molar refractivity (Wildman–Crippen MR) is 339 cm³/mol. The molecule has 33 heteroatoms. The Bertz CT molecular complexity index is 2980. The van der Waals surface area contributed by atoms with Crippen LogP contribution in [0.15, 0.2) is 59.6 Å². The number of rotatable bonds is 36. The number of nitrogens with zero attached hydrogens (tertiary/aromatic N) is 2. The number of unbranched alkanes of at least 4 members (excludes halogenated alkanes) is 3. The number of carboxylic acids is 1. The van der Waals surface area contributed by atoms with Gasteiger partial charge in [-0.15, -0.1) is 11.8 Å². The van der Waals surface area contributed by atoms with Crippen molar-refractivity contribution in [3.05, 3.63) is 65.7 Å². The molecular formula is C60H88N16O16S. The van der Waals surface area contributed by atoms with E-state index in [4.69, 9.17) is 22.9 Å². The van der Waals surface area contributed by atoms with E-state index in [9.17, 15) is 77.3 Å². The highest BCUT2D eigenvalue weighted by atomic mass is 32.2. The molecule has 7 atom stereocenters. The monoisotopic (exact) mass is 1320 g/mol. The maximum atomic E-state index is 14.1. The third-order valence-electron chi connectivity index (χ3n) is 14.4. The Hall–Kier alpha value is -9.40. The highest BCUT2D eigenvalue weighted by molar-refractivity contribution is 8.00. The van der Waals surface area contributed by atoms with Crippen molar-refractivity contribution >= 4 is 100 Å². The number of aromatic hydroxyl groups is 1. The zero-order valence-electron chi connectivity index (χ0n) is 52.2. The number of benzene rings is 2. The van der Waals surface area contributed by atoms with Crippen molar-refractivity contribution < 1.29 is 77.3 Å². The molecule has 510 valence electrons. The summed E-state index contributed by atoms with van der Waals surface area (Å²) < 4.78 is 0. The molecule has 20 N–H and O–H groups in total. The number of imide groups is 1. The molecule has 0 aromatic heterocycles. The highest BCUT2D eigenvalue weighted by Gasteiger charge is 2.40. The van der Waals surface area contributed by atoms with Gasteiger partial charge in [0.25, 0.3) is 0 Å². The molecule has 0 bridgehead atoms. The van der Waals surface area contributed by atoms with E-state index < -0.39 is 137 Å². The summed E-state index contributed by atoms with van der Waals surface area (Å²) in [4.78, 5) is 188. The van der Waals surface area contributed by atoms with Crippen molar-refractivity contribution in [2.75, 3.05) is 38.5 Å². The highest BCUT2D eigenvalue weighted by Crippen LogP contribution is 2.26. The minimum Gasteiger partial charge on any atom is -0.508 e. The van der Waals surface area contributed by atoms with Gasteiger partial charge in [-0.3, -0.25) is 77.0 Å². The van der Waals surface area contributed by atoms with E-state index in [2.05, 4.69) is 58.2 Å². The molecule has 0 saturated carbocycles. The van der Waals surface area contributed by atoms with Crippen molar-refractivity contribution in [1.82, 2.24) is 58.1 Å². The van der Waals surface area contributed by atoms with Crippen molar-refractivity contribution in [2.24, 2.45) is 27.9 Å². The summed E-state index contributed by atoms with van der Waals surface area (Å²) in [6.07, 6.45) is 0.615. The molecule has 2 heterocycles. The molecule has 2 aliphatic heterocycles. The summed E-state index contributed by atoms with van der Waals surface area (Å²) in [5.41, 5.74) is 22.6. The number of aliphatic imine (C=N–C) groups is 1. The van der Waals surface area contributed by atoms with E-state index in [1.165, 1.54) is 12.1 Å². The van der Waals surface area contributed by atoms with Crippen LogP contribution in [0.2, 0.25) is 0 Å². The van der Waals surface area contributed by atoms with Gasteiger partial charge in [-0.1, -0.05) is 48.9 Å². The summed E-state index contributed by atoms with van der Waals surface area (Å²) in [5, 5.41) is 44.2. The molecule has 2 aromatic rings. The lowest BCUT2D eigenvalue weighted by Gasteiger charge is -2.26. The molecule has 32 nitrogen and oxygen atoms in total. The summed E-state index contributed by atoms with van der Waals surface area (Å²) in [7, 11) is 0. The average molecular weight is 1320 g/mol. The molecule has 2 fully saturated rings. The molecule has 0 radical (unpaired) electrons. The van der Waals surface area contributed by atoms with Crippen LogP contribution < -0.4 is 76.1 Å². The first-order valence-corrected chi connectivity index (χ1v) is 31.7. The van der Waals surface area contributed by atoms with Crippen LogP contribution in [-0.4, -0.2) is 189 Å². The number of likely N-dealkylation sites (tertiary alicyclic amines) is 1. The normalized spacial score (nSPS) is 18.7. The lowest BCUT2D eigenvalue weighted by molar-refractivity contribution is -0.141. The number of hydrogen-bond donors (Lipinski definition) is 16. The third kappa shape index (κ3) is 29.6. The Kier molecular flexibility index (Phi) is 32.0. The van der Waals surface area contributed by atoms with Gasteiger partial charge in [-0.05, 0) is 88.5 Å². The van der Waals surface area contributed by atoms with Crippen LogP contribution in [0.3, 0.4) is 0 Å². The van der Waals surface area contributed by atoms with Gasteiger partial charge < -0.3 is 86.3 Å². The summed E-state index contributed by atoms with van der Waals surface area (Å²) in [6.45, 7) is 2.58. The van der Waals surface area contributed by atoms with Crippen LogP contribution in [0.1, 0.15) is 121 Å². The number of phenolic OH excluding ortho intramolecular Hbond substituents is 1. The van der Waals surface area contributed by atoms with Crippen LogP contribution >= 0.6 is 11.8 Å². The van der Waals surface area contributed by atoms with Crippen molar-refractivity contribution in [1.29, 1.82) is 0 Å². The Morgan fingerprint density at radius 3 is 1.90 bits per heavy atom. The number of hydrogen-bond acceptors (Lipinski definition) is 18. The number of primary amides is 1. The van der Waals surface area contributed by atoms with Crippen molar-refractivity contribution in [3.63, 3.8) is 0 Å². The molecule has 2 saturated heterocycles. The Balaban J connectivity index is 1.25. The van der Waals surface area contributed by atoms with Crippen LogP contribution in [0, 0.1) is 0 Å². The smallest absolute Gasteiger partial charge is 0.305 e. The molecule has 2 aromatic carbocycles. The molecule has 6 unspecified atom stereocenters. The lowest BCUT2D eigenvalue weighted by atomic mass is 10.0. The van der Waals surface area contributed by atoms with Crippen LogP contribution in [-0.2, 0) is 80.0 Å². The van der Waals surface area contributed by atoms with Crippen molar-refractivity contribution in [3.8, 4) is 5.75 Å². The lowest BCUT2D eigenvalue weighted by Crippen LogP contribution is -2.58. The number of aliphatic carboxylic acids is 1. The zero-order chi connectivity index (χ0) is 68.6. The fraction of sp³-hybridized carbons (Fsp3) is 0.550. The Morgan fingerprint density at radius 2 is 1.25 bits per heavy atom. The largest absolute Gasteiger partial charge is 0.508 e. The van der Waals surface area contributed by atoms with E-state index in [1.807, 2.05) is 0 Å². The number of amides is 13. The van der Waals surface area contributed by atoms with Gasteiger partial charge in [-0.25, -0.2) is 0 Å². The second-order valence-electron chi connectivity index (χ2n) is 23.0. The van der Waals surface area contributed by atoms with Gasteiger partial charge in [0.15, 0.2) is 5.96 Å². The van der Waals surface area contributed by atoms with Gasteiger partial charge in [0.05, 0.1) is 23.9 Å². The number of nitrogens with one attached hydrogen (secondary N) is 10. The minimum absolute atomic E-state index is 0.0105. The Labute approximate surface area is 541 Å². The Morgan fingerprint density at radius 1 is 0.656 bits per heavy atom. The maximum absolute atomic E-state index is 14.1. The van der Waals surface area contributed by atoms with Gasteiger partial charge in [0, 0.05) is 76.9 Å². The number of carbonyl (C=O) groups is 14. The molecule has 2 aliphatic rings. The number of carbonyl (C=O) groups excluding carboxylic acids is 13. The SMILES string of the molecule is CC(C)(N)NC(=O)CCCC(=O)NC(Cc1ccc(O)cc1)C(=O)NCCCCCC(=O)NC(CSC1CC(=O)N(CCC(=O)NCCCCC2NC(=O)[C@@H](Cc3ccccc3)NC(=O)C(CC(=O)O)NC(=O)CNC(=O)C(CCCN=C(N)N)NC2=O)C1=O)C(N)=O. The van der Waals surface area contributed by atoms with Crippen LogP contribution in [0.4, 0.5) is 0 Å². The third-order valence-corrected chi connectivity index (χ3v) is 15.7. The van der Waals surface area contributed by atoms with Crippen LogP contribution in [0.5, 0.6) is 5.75 Å². The number of nitrogens with two attached hydrogens (primary N) is 4. The first kappa shape index (κ1) is 76.1. The van der Waals surface area contributed by atoms with E-state index in [-0.39, 0.29) is 133 Å². The molecule has 13 amide bonds. The maximum Gasteiger partial charge on any atom is 0.305 e. The van der Waals surface area contributed by atoms with Crippen LogP contribution in [0.25, 0.3) is 0 Å². The van der Waals surface area contributed by atoms with E-state index in [1.54, 1.807) is 56.3 Å². The van der Waals surface area contributed by atoms with E-state index >= 15 is 0 Å². The number of thioether (sulfide) groups is 1. The topological polar surface area (TPSA) is 519 Å². The fourth-order valence-electron chi connectivity index (χ4n) is 9.63. The summed E-state index contributed by atoms with van der Waals surface area (Å²) in [6, 6.07) is 6.73. The zero-order valence-corrected chi connectivity index (χ0v) is 53.0. The number of carboxylic acid groups (broad SMARTS) is 1. The molecular weight excluding hydrogens is 1230 g/mol. The predicted octanol–water partition coefficient (Wildman–Crippen LogP) is -3.58. The first-order chi connectivity index (χ1) is 44.1. The summed E-state index contributed by atoms with van der Waals surface area (Å²) in [5.74, 6) is -10.5. The van der Waals surface area contributed by atoms with E-state index in [0.717, 1.165) is 16.7 Å². The first-order valence-electron chi connectivity index (χ1n) is 30.6. The van der Waals surface area contributed by atoms with Gasteiger partial charge >= 0.3 is 5.97 Å². The number of guanidine groups is 1. The van der Waals surface area contributed by atoms with Gasteiger partial charge in [0.1, 0.15) is 42.0 Å². The standard InChI is InChI=1S/C60H88N16O16S/c1-60(2,64)75-48(81)19-11-18-47(80)69-40(30-36-20-22-37(77)23-21-36)54(88)66-26-9-4-7-17-46(79)71-43(52(61)86)34-93-44-32-50(83)76(58(44)92)28-24-45(78)65-25-10-8-15-39-55(89)72-38(16-12-27-67-59(62)63)53(87)68-33-49(82)70-42(31-51(84)85)57(91)74-41(56(90)73-39)29-35-13-5-3-6-14-35/h3,5-6,13-14,20-23,38-44,77H,4,7-12,15-19,24-34,64H2,1-2H3,(H2,61,86)(H,65,78)(H,66,88)(H,68,87)(H,69,80)(H,70,82)(H,71,79)(H,72,89)(H,73,90)(H,74,91)(H,75,81)(H,84,85)(H4,62,63,67)/t38?,39?,40?,41-,42?,43?,44?/m1/s1. The van der Waals surface area contributed by atoms with Gasteiger partial charge in [-0.2, -0.15) is 0 Å². The molecule has 0 aliphatic carbocycles. The fourth-order valence-corrected chi connectivity index (χ4v) is 10.8. The molecule has 0 spiro atoms. The second kappa shape index (κ2) is 39.1. The van der Waals surface area contributed by atoms with E-state index in [0.29, 0.717) is 30.4 Å². The quantitative estimate of drug-likeness (QED) is 0.0103. The summed E-state index contributed by atoms with van der Waals surface area (Å²) >= 11 is 0.945.